The van der Waals surface area contributed by atoms with Crippen molar-refractivity contribution in [2.75, 3.05) is 0 Å². The van der Waals surface area contributed by atoms with E-state index in [1.165, 1.54) is 0 Å². The summed E-state index contributed by atoms with van der Waals surface area (Å²) in [5.74, 6) is 0.477. The van der Waals surface area contributed by atoms with Gasteiger partial charge < -0.3 is 0 Å². The first-order valence-electron chi connectivity index (χ1n) is 5.03. The highest BCUT2D eigenvalue weighted by Gasteiger charge is 2.11. The van der Waals surface area contributed by atoms with Gasteiger partial charge in [-0.1, -0.05) is 30.1 Å². The lowest BCUT2D eigenvalue weighted by molar-refractivity contribution is 0.603. The molecule has 0 aliphatic heterocycles. The predicted octanol–water partition coefficient (Wildman–Crippen LogP) is 3.82. The van der Waals surface area contributed by atoms with Crippen LogP contribution < -0.4 is 0 Å². The van der Waals surface area contributed by atoms with E-state index in [-0.39, 0.29) is 0 Å². The van der Waals surface area contributed by atoms with E-state index in [1.807, 2.05) is 10.9 Å². The van der Waals surface area contributed by atoms with Crippen LogP contribution in [0.5, 0.6) is 0 Å². The van der Waals surface area contributed by atoms with Crippen molar-refractivity contribution in [3.8, 4) is 11.4 Å². The monoisotopic (exact) mass is 334 g/mol. The Morgan fingerprint density at radius 1 is 1.29 bits per heavy atom. The van der Waals surface area contributed by atoms with Crippen LogP contribution in [0.3, 0.4) is 0 Å². The SMILES string of the molecule is CCCn1cc(-c2nc(Cl)c(Br)c(Cl)n2)cn1. The number of rotatable bonds is 3. The number of hydrogen-bond donors (Lipinski definition) is 0. The summed E-state index contributed by atoms with van der Waals surface area (Å²) in [5, 5.41) is 4.79. The first kappa shape index (κ1) is 12.8. The molecular formula is C10H9BrCl2N4. The first-order chi connectivity index (χ1) is 8.11. The lowest BCUT2D eigenvalue weighted by Gasteiger charge is -2.01. The minimum Gasteiger partial charge on any atom is -0.272 e. The molecule has 90 valence electrons. The Kier molecular flexibility index (Phi) is 4.01. The second kappa shape index (κ2) is 5.33. The van der Waals surface area contributed by atoms with Gasteiger partial charge in [0.1, 0.15) is 10.3 Å². The Morgan fingerprint density at radius 2 is 1.94 bits per heavy atom. The van der Waals surface area contributed by atoms with Crippen LogP contribution in [0, 0.1) is 0 Å². The molecule has 17 heavy (non-hydrogen) atoms. The third-order valence-electron chi connectivity index (χ3n) is 2.11. The average molecular weight is 336 g/mol. The lowest BCUT2D eigenvalue weighted by atomic mass is 10.3. The Balaban J connectivity index is 2.39. The predicted molar refractivity (Wildman–Crippen MR) is 71.3 cm³/mol. The standard InChI is InChI=1S/C10H9BrCl2N4/c1-2-3-17-5-6(4-14-17)10-15-8(12)7(11)9(13)16-10/h4-5H,2-3H2,1H3. The number of halogens is 3. The Bertz CT molecular complexity index is 518. The van der Waals surface area contributed by atoms with Crippen molar-refractivity contribution < 1.29 is 0 Å². The normalized spacial score (nSPS) is 10.8. The van der Waals surface area contributed by atoms with Crippen molar-refractivity contribution in [2.24, 2.45) is 0 Å². The van der Waals surface area contributed by atoms with Gasteiger partial charge in [0.15, 0.2) is 5.82 Å². The average Bonchev–Trinajstić information content (AvgIpc) is 2.74. The Labute approximate surface area is 117 Å². The van der Waals surface area contributed by atoms with Crippen molar-refractivity contribution >= 4 is 39.1 Å². The third-order valence-corrected chi connectivity index (χ3v) is 3.87. The molecular weight excluding hydrogens is 327 g/mol. The van der Waals surface area contributed by atoms with Gasteiger partial charge in [-0.2, -0.15) is 5.10 Å². The number of nitrogens with zero attached hydrogens (tertiary/aromatic N) is 4. The summed E-state index contributed by atoms with van der Waals surface area (Å²) in [6, 6.07) is 0. The molecule has 7 heteroatoms. The van der Waals surface area contributed by atoms with Gasteiger partial charge >= 0.3 is 0 Å². The molecule has 2 aromatic heterocycles. The summed E-state index contributed by atoms with van der Waals surface area (Å²) in [7, 11) is 0. The van der Waals surface area contributed by atoms with Gasteiger partial charge in [0.2, 0.25) is 0 Å². The topological polar surface area (TPSA) is 43.6 Å². The Morgan fingerprint density at radius 3 is 2.53 bits per heavy atom. The summed E-state index contributed by atoms with van der Waals surface area (Å²) in [6.07, 6.45) is 4.59. The maximum absolute atomic E-state index is 5.93. The molecule has 0 fully saturated rings. The zero-order chi connectivity index (χ0) is 12.4. The van der Waals surface area contributed by atoms with Gasteiger partial charge in [-0.25, -0.2) is 9.97 Å². The molecule has 0 bridgehead atoms. The summed E-state index contributed by atoms with van der Waals surface area (Å²) < 4.78 is 2.34. The molecule has 0 amide bonds. The molecule has 0 unspecified atom stereocenters. The first-order valence-corrected chi connectivity index (χ1v) is 6.58. The van der Waals surface area contributed by atoms with Crippen LogP contribution in [0.4, 0.5) is 0 Å². The van der Waals surface area contributed by atoms with E-state index in [4.69, 9.17) is 23.2 Å². The van der Waals surface area contributed by atoms with Gasteiger partial charge in [0, 0.05) is 12.7 Å². The summed E-state index contributed by atoms with van der Waals surface area (Å²) in [5.41, 5.74) is 0.801. The highest BCUT2D eigenvalue weighted by Crippen LogP contribution is 2.29. The fraction of sp³-hybridized carbons (Fsp3) is 0.300. The van der Waals surface area contributed by atoms with Gasteiger partial charge in [0.05, 0.1) is 16.2 Å². The molecule has 0 atom stereocenters. The van der Waals surface area contributed by atoms with Crippen molar-refractivity contribution in [1.82, 2.24) is 19.7 Å². The highest BCUT2D eigenvalue weighted by atomic mass is 79.9. The molecule has 0 radical (unpaired) electrons. The maximum Gasteiger partial charge on any atom is 0.165 e. The number of aryl methyl sites for hydroxylation is 1. The van der Waals surface area contributed by atoms with Crippen LogP contribution in [0.1, 0.15) is 13.3 Å². The molecule has 0 saturated carbocycles. The van der Waals surface area contributed by atoms with Gasteiger partial charge in [-0.05, 0) is 22.4 Å². The molecule has 0 saturated heterocycles. The second-order valence-corrected chi connectivity index (χ2v) is 4.94. The van der Waals surface area contributed by atoms with Crippen LogP contribution in [-0.4, -0.2) is 19.7 Å². The zero-order valence-corrected chi connectivity index (χ0v) is 12.1. The molecule has 0 aliphatic carbocycles. The fourth-order valence-electron chi connectivity index (χ4n) is 1.35. The highest BCUT2D eigenvalue weighted by molar-refractivity contribution is 9.10. The molecule has 0 aliphatic rings. The molecule has 0 aromatic carbocycles. The van der Waals surface area contributed by atoms with Crippen molar-refractivity contribution in [1.29, 1.82) is 0 Å². The minimum atomic E-state index is 0.295. The van der Waals surface area contributed by atoms with Gasteiger partial charge in [-0.3, -0.25) is 4.68 Å². The van der Waals surface area contributed by atoms with E-state index in [0.29, 0.717) is 20.6 Å². The van der Waals surface area contributed by atoms with E-state index >= 15 is 0 Å². The van der Waals surface area contributed by atoms with Crippen LogP contribution in [0.2, 0.25) is 10.3 Å². The summed E-state index contributed by atoms with van der Waals surface area (Å²) >= 11 is 15.1. The molecule has 2 rings (SSSR count). The van der Waals surface area contributed by atoms with Crippen LogP contribution in [0.25, 0.3) is 11.4 Å². The Hall–Kier alpha value is -0.650. The molecule has 2 aromatic rings. The lowest BCUT2D eigenvalue weighted by Crippen LogP contribution is -1.95. The number of hydrogen-bond acceptors (Lipinski definition) is 3. The molecule has 0 spiro atoms. The van der Waals surface area contributed by atoms with E-state index in [0.717, 1.165) is 18.5 Å². The number of aromatic nitrogens is 4. The summed E-state index contributed by atoms with van der Waals surface area (Å²) in [6.45, 7) is 2.95. The largest absolute Gasteiger partial charge is 0.272 e. The quantitative estimate of drug-likeness (QED) is 0.801. The van der Waals surface area contributed by atoms with E-state index in [1.54, 1.807) is 6.20 Å². The van der Waals surface area contributed by atoms with E-state index in [9.17, 15) is 0 Å². The maximum atomic E-state index is 5.93. The molecule has 2 heterocycles. The van der Waals surface area contributed by atoms with Crippen molar-refractivity contribution in [3.05, 3.63) is 27.2 Å². The smallest absolute Gasteiger partial charge is 0.165 e. The van der Waals surface area contributed by atoms with Gasteiger partial charge in [0.25, 0.3) is 0 Å². The van der Waals surface area contributed by atoms with Crippen LogP contribution in [-0.2, 0) is 6.54 Å². The van der Waals surface area contributed by atoms with Crippen LogP contribution in [0.15, 0.2) is 16.9 Å². The minimum absolute atomic E-state index is 0.295. The molecule has 4 nitrogen and oxygen atoms in total. The van der Waals surface area contributed by atoms with Gasteiger partial charge in [-0.15, -0.1) is 0 Å². The van der Waals surface area contributed by atoms with E-state index < -0.39 is 0 Å². The van der Waals surface area contributed by atoms with E-state index in [2.05, 4.69) is 37.9 Å². The van der Waals surface area contributed by atoms with Crippen molar-refractivity contribution in [2.45, 2.75) is 19.9 Å². The van der Waals surface area contributed by atoms with Crippen LogP contribution >= 0.6 is 39.1 Å². The summed E-state index contributed by atoms with van der Waals surface area (Å²) in [4.78, 5) is 8.29. The van der Waals surface area contributed by atoms with Crippen molar-refractivity contribution in [3.63, 3.8) is 0 Å². The molecule has 0 N–H and O–H groups in total. The third kappa shape index (κ3) is 2.78. The zero-order valence-electron chi connectivity index (χ0n) is 8.99. The fourth-order valence-corrected chi connectivity index (χ4v) is 1.92. The second-order valence-electron chi connectivity index (χ2n) is 3.43.